The van der Waals surface area contributed by atoms with Crippen LogP contribution in [0, 0.1) is 11.3 Å². The van der Waals surface area contributed by atoms with Gasteiger partial charge in [-0.05, 0) is 6.92 Å². The monoisotopic (exact) mass is 184 g/mol. The molecule has 0 spiro atoms. The fourth-order valence-electron chi connectivity index (χ4n) is 2.71. The molecular formula is C10H16O3. The van der Waals surface area contributed by atoms with Gasteiger partial charge < -0.3 is 9.84 Å². The van der Waals surface area contributed by atoms with Crippen LogP contribution in [0.25, 0.3) is 0 Å². The van der Waals surface area contributed by atoms with Crippen LogP contribution in [0.15, 0.2) is 0 Å². The lowest BCUT2D eigenvalue weighted by Gasteiger charge is -2.44. The predicted octanol–water partition coefficient (Wildman–Crippen LogP) is 1.10. The number of carbonyl (C=O) groups is 1. The standard InChI is InChI=1S/C10H16O3/c1-9(2)6-4-8(12)13-10(9,3)5-7(6)11/h6-7,11H,4-5H2,1-3H3/t6?,7-,10?/m1/s1. The molecule has 1 aliphatic heterocycles. The Balaban J connectivity index is 2.41. The van der Waals surface area contributed by atoms with E-state index in [1.165, 1.54) is 0 Å². The third kappa shape index (κ3) is 0.966. The number of hydrogen-bond acceptors (Lipinski definition) is 3. The number of aliphatic hydroxyl groups excluding tert-OH is 1. The molecule has 74 valence electrons. The Morgan fingerprint density at radius 3 is 2.62 bits per heavy atom. The average molecular weight is 184 g/mol. The third-order valence-corrected chi connectivity index (χ3v) is 4.08. The molecule has 1 N–H and O–H groups in total. The highest BCUT2D eigenvalue weighted by atomic mass is 16.6. The quantitative estimate of drug-likeness (QED) is 0.573. The van der Waals surface area contributed by atoms with E-state index in [0.717, 1.165) is 0 Å². The first-order chi connectivity index (χ1) is 5.87. The molecule has 0 aromatic rings. The maximum Gasteiger partial charge on any atom is 0.306 e. The van der Waals surface area contributed by atoms with Gasteiger partial charge in [-0.15, -0.1) is 0 Å². The molecule has 1 heterocycles. The summed E-state index contributed by atoms with van der Waals surface area (Å²) in [5, 5.41) is 9.79. The van der Waals surface area contributed by atoms with Gasteiger partial charge in [0, 0.05) is 17.8 Å². The number of esters is 1. The van der Waals surface area contributed by atoms with E-state index in [2.05, 4.69) is 13.8 Å². The fourth-order valence-corrected chi connectivity index (χ4v) is 2.71. The second-order valence-corrected chi connectivity index (χ2v) is 5.01. The second kappa shape index (κ2) is 2.27. The minimum Gasteiger partial charge on any atom is -0.459 e. The summed E-state index contributed by atoms with van der Waals surface area (Å²) < 4.78 is 5.35. The summed E-state index contributed by atoms with van der Waals surface area (Å²) >= 11 is 0. The van der Waals surface area contributed by atoms with Crippen LogP contribution >= 0.6 is 0 Å². The van der Waals surface area contributed by atoms with Crippen LogP contribution in [0.1, 0.15) is 33.6 Å². The molecule has 3 nitrogen and oxygen atoms in total. The number of carbonyl (C=O) groups excluding carboxylic acids is 1. The minimum absolute atomic E-state index is 0.0683. The van der Waals surface area contributed by atoms with Crippen molar-refractivity contribution < 1.29 is 14.6 Å². The molecule has 2 bridgehead atoms. The van der Waals surface area contributed by atoms with Crippen molar-refractivity contribution in [2.45, 2.75) is 45.3 Å². The minimum atomic E-state index is -0.466. The molecule has 3 atom stereocenters. The van der Waals surface area contributed by atoms with E-state index < -0.39 is 5.60 Å². The van der Waals surface area contributed by atoms with Crippen molar-refractivity contribution in [1.29, 1.82) is 0 Å². The molecule has 2 fully saturated rings. The van der Waals surface area contributed by atoms with Crippen LogP contribution in [-0.4, -0.2) is 22.8 Å². The van der Waals surface area contributed by atoms with E-state index in [-0.39, 0.29) is 23.4 Å². The highest BCUT2D eigenvalue weighted by Crippen LogP contribution is 2.56. The number of rotatable bonds is 0. The van der Waals surface area contributed by atoms with Gasteiger partial charge in [0.05, 0.1) is 12.5 Å². The maximum atomic E-state index is 11.2. The lowest BCUT2D eigenvalue weighted by molar-refractivity contribution is -0.182. The van der Waals surface area contributed by atoms with Crippen molar-refractivity contribution in [3.05, 3.63) is 0 Å². The second-order valence-electron chi connectivity index (χ2n) is 5.01. The van der Waals surface area contributed by atoms with Crippen LogP contribution in [0.2, 0.25) is 0 Å². The van der Waals surface area contributed by atoms with E-state index in [0.29, 0.717) is 12.8 Å². The molecule has 3 heteroatoms. The molecule has 0 amide bonds. The summed E-state index contributed by atoms with van der Waals surface area (Å²) in [6, 6.07) is 0. The average Bonchev–Trinajstić information content (AvgIpc) is 2.13. The first-order valence-corrected chi connectivity index (χ1v) is 4.77. The Labute approximate surface area is 78.1 Å². The molecule has 1 aliphatic carbocycles. The van der Waals surface area contributed by atoms with E-state index in [1.807, 2.05) is 6.92 Å². The van der Waals surface area contributed by atoms with Gasteiger partial charge in [0.15, 0.2) is 0 Å². The number of ether oxygens (including phenoxy) is 1. The van der Waals surface area contributed by atoms with Crippen molar-refractivity contribution in [1.82, 2.24) is 0 Å². The molecule has 2 aliphatic rings. The molecule has 2 rings (SSSR count). The van der Waals surface area contributed by atoms with Gasteiger partial charge in [-0.2, -0.15) is 0 Å². The SMILES string of the molecule is CC12C[C@@H](O)C(CC(=O)O1)C2(C)C. The largest absolute Gasteiger partial charge is 0.459 e. The number of hydrogen-bond donors (Lipinski definition) is 1. The summed E-state index contributed by atoms with van der Waals surface area (Å²) in [4.78, 5) is 11.2. The van der Waals surface area contributed by atoms with E-state index in [1.54, 1.807) is 0 Å². The molecular weight excluding hydrogens is 168 g/mol. The van der Waals surface area contributed by atoms with Crippen LogP contribution in [-0.2, 0) is 9.53 Å². The molecule has 2 unspecified atom stereocenters. The highest BCUT2D eigenvalue weighted by Gasteiger charge is 2.61. The lowest BCUT2D eigenvalue weighted by atomic mass is 9.70. The first kappa shape index (κ1) is 9.00. The van der Waals surface area contributed by atoms with Crippen LogP contribution in [0.5, 0.6) is 0 Å². The molecule has 0 radical (unpaired) electrons. The van der Waals surface area contributed by atoms with E-state index in [9.17, 15) is 9.90 Å². The summed E-state index contributed by atoms with van der Waals surface area (Å²) in [6.45, 7) is 6.06. The lowest BCUT2D eigenvalue weighted by Crippen LogP contribution is -2.48. The molecule has 0 aromatic carbocycles. The highest BCUT2D eigenvalue weighted by molar-refractivity contribution is 5.72. The van der Waals surface area contributed by atoms with Crippen molar-refractivity contribution in [2.24, 2.45) is 11.3 Å². The van der Waals surface area contributed by atoms with Gasteiger partial charge in [-0.1, -0.05) is 13.8 Å². The summed E-state index contributed by atoms with van der Waals surface area (Å²) in [5.41, 5.74) is -0.563. The van der Waals surface area contributed by atoms with Crippen molar-refractivity contribution in [2.75, 3.05) is 0 Å². The molecule has 13 heavy (non-hydrogen) atoms. The smallest absolute Gasteiger partial charge is 0.306 e. The summed E-state index contributed by atoms with van der Waals surface area (Å²) in [6.07, 6.45) is 0.562. The molecule has 0 aromatic heterocycles. The Morgan fingerprint density at radius 1 is 1.46 bits per heavy atom. The Morgan fingerprint density at radius 2 is 2.08 bits per heavy atom. The van der Waals surface area contributed by atoms with Gasteiger partial charge in [0.2, 0.25) is 0 Å². The normalized spacial score (nSPS) is 47.5. The number of aliphatic hydroxyl groups is 1. The zero-order valence-electron chi connectivity index (χ0n) is 8.33. The van der Waals surface area contributed by atoms with E-state index >= 15 is 0 Å². The van der Waals surface area contributed by atoms with Crippen molar-refractivity contribution in [3.63, 3.8) is 0 Å². The maximum absolute atomic E-state index is 11.2. The third-order valence-electron chi connectivity index (χ3n) is 4.08. The van der Waals surface area contributed by atoms with Gasteiger partial charge in [-0.3, -0.25) is 4.79 Å². The van der Waals surface area contributed by atoms with Gasteiger partial charge in [-0.25, -0.2) is 0 Å². The summed E-state index contributed by atoms with van der Waals surface area (Å²) in [5.74, 6) is -0.0953. The summed E-state index contributed by atoms with van der Waals surface area (Å²) in [7, 11) is 0. The first-order valence-electron chi connectivity index (χ1n) is 4.77. The van der Waals surface area contributed by atoms with Gasteiger partial charge >= 0.3 is 5.97 Å². The van der Waals surface area contributed by atoms with Gasteiger partial charge in [0.25, 0.3) is 0 Å². The zero-order valence-corrected chi connectivity index (χ0v) is 8.33. The van der Waals surface area contributed by atoms with Crippen LogP contribution < -0.4 is 0 Å². The van der Waals surface area contributed by atoms with E-state index in [4.69, 9.17) is 4.74 Å². The van der Waals surface area contributed by atoms with Crippen molar-refractivity contribution in [3.8, 4) is 0 Å². The molecule has 1 saturated heterocycles. The van der Waals surface area contributed by atoms with Gasteiger partial charge in [0.1, 0.15) is 5.60 Å². The van der Waals surface area contributed by atoms with Crippen LogP contribution in [0.4, 0.5) is 0 Å². The Kier molecular flexibility index (Phi) is 1.57. The van der Waals surface area contributed by atoms with Crippen LogP contribution in [0.3, 0.4) is 0 Å². The predicted molar refractivity (Wildman–Crippen MR) is 47.0 cm³/mol. The van der Waals surface area contributed by atoms with Crippen molar-refractivity contribution >= 4 is 5.97 Å². The Hall–Kier alpha value is -0.570. The fraction of sp³-hybridized carbons (Fsp3) is 0.900. The zero-order chi connectivity index (χ0) is 9.85. The molecule has 1 saturated carbocycles. The topological polar surface area (TPSA) is 46.5 Å². The Bertz CT molecular complexity index is 259. The number of fused-ring (bicyclic) bond motifs is 2.